The number of pyridine rings is 1. The average Bonchev–Trinajstić information content (AvgIpc) is 2.82. The molecule has 3 aromatic rings. The topological polar surface area (TPSA) is 71.4 Å². The second-order valence-corrected chi connectivity index (χ2v) is 11.3. The summed E-state index contributed by atoms with van der Waals surface area (Å²) in [5.41, 5.74) is 2.99. The summed E-state index contributed by atoms with van der Waals surface area (Å²) in [5, 5.41) is 0. The number of sulfonamides is 1. The molecule has 178 valence electrons. The molecule has 3 heterocycles. The second-order valence-electron chi connectivity index (χ2n) is 9.58. The van der Waals surface area contributed by atoms with Gasteiger partial charge in [0.15, 0.2) is 0 Å². The maximum Gasteiger partial charge on any atom is 0.275 e. The maximum absolute atomic E-state index is 13.2. The van der Waals surface area contributed by atoms with Crippen LogP contribution in [0.1, 0.15) is 35.6 Å². The third kappa shape index (κ3) is 5.26. The average molecular weight is 478 g/mol. The van der Waals surface area contributed by atoms with Crippen LogP contribution in [0.2, 0.25) is 0 Å². The molecule has 0 spiro atoms. The summed E-state index contributed by atoms with van der Waals surface area (Å²) in [6.07, 6.45) is 3.29. The number of aryl methyl sites for hydroxylation is 1. The molecule has 2 unspecified atom stereocenters. The molecule has 7 heteroatoms. The molecule has 0 aliphatic carbocycles. The number of piperidine rings is 1. The van der Waals surface area contributed by atoms with Crippen molar-refractivity contribution in [2.45, 2.75) is 37.5 Å². The number of nitrogens with one attached hydrogen (secondary N) is 1. The maximum atomic E-state index is 13.2. The Balaban J connectivity index is 1.26. The lowest BCUT2D eigenvalue weighted by atomic mass is 9.83. The highest BCUT2D eigenvalue weighted by Gasteiger charge is 2.35. The van der Waals surface area contributed by atoms with Gasteiger partial charge in [-0.2, -0.15) is 0 Å². The van der Waals surface area contributed by atoms with Crippen LogP contribution in [-0.4, -0.2) is 37.5 Å². The molecular formula is C27H31N3O3S. The summed E-state index contributed by atoms with van der Waals surface area (Å²) in [5.74, 6) is 0.571. The number of fused-ring (bicyclic) bond motifs is 4. The molecule has 1 saturated heterocycles. The molecule has 1 fully saturated rings. The summed E-state index contributed by atoms with van der Waals surface area (Å²) in [6, 6.07) is 23.2. The van der Waals surface area contributed by atoms with E-state index in [-0.39, 0.29) is 17.0 Å². The number of nitrogens with zero attached hydrogens (tertiary/aromatic N) is 2. The summed E-state index contributed by atoms with van der Waals surface area (Å²) >= 11 is 0. The van der Waals surface area contributed by atoms with Crippen LogP contribution in [0.5, 0.6) is 0 Å². The number of benzene rings is 2. The Hall–Kier alpha value is -2.90. The van der Waals surface area contributed by atoms with Crippen molar-refractivity contribution in [3.05, 3.63) is 100.0 Å². The van der Waals surface area contributed by atoms with E-state index in [1.807, 2.05) is 30.3 Å². The molecule has 2 atom stereocenters. The molecular weight excluding hydrogens is 446 g/mol. The quantitative estimate of drug-likeness (QED) is 0.535. The smallest absolute Gasteiger partial charge is 0.275 e. The van der Waals surface area contributed by atoms with Gasteiger partial charge in [0.1, 0.15) is 5.69 Å². The molecule has 2 aliphatic heterocycles. The van der Waals surface area contributed by atoms with Crippen molar-refractivity contribution in [2.24, 2.45) is 5.92 Å². The van der Waals surface area contributed by atoms with E-state index in [2.05, 4.69) is 33.9 Å². The molecule has 0 amide bonds. The zero-order chi connectivity index (χ0) is 23.5. The van der Waals surface area contributed by atoms with E-state index in [1.54, 1.807) is 22.8 Å². The highest BCUT2D eigenvalue weighted by Crippen LogP contribution is 2.35. The van der Waals surface area contributed by atoms with Gasteiger partial charge >= 0.3 is 0 Å². The lowest BCUT2D eigenvalue weighted by Crippen LogP contribution is -2.47. The molecule has 2 aromatic carbocycles. The molecule has 34 heavy (non-hydrogen) atoms. The van der Waals surface area contributed by atoms with E-state index in [9.17, 15) is 13.2 Å². The van der Waals surface area contributed by atoms with Crippen LogP contribution in [0.4, 0.5) is 5.69 Å². The standard InChI is InChI=1S/C27H31N3O3S/c31-27-25(28-34(32,33)20-22-10-5-2-6-11-22)13-14-26-24-16-23(18-30(26)27)17-29(19-24)15-7-12-21-8-3-1-4-9-21/h1-6,8-11,13-14,23-24,28H,7,12,15-20H2. The van der Waals surface area contributed by atoms with Gasteiger partial charge in [-0.05, 0) is 55.0 Å². The van der Waals surface area contributed by atoms with Crippen molar-refractivity contribution in [3.8, 4) is 0 Å². The lowest BCUT2D eigenvalue weighted by Gasteiger charge is -2.43. The first-order valence-corrected chi connectivity index (χ1v) is 13.7. The van der Waals surface area contributed by atoms with Gasteiger partial charge in [0, 0.05) is 31.2 Å². The SMILES string of the molecule is O=c1c(NS(=O)(=O)Cc2ccccc2)ccc2n1CC1CC2CN(CCCc2ccccc2)C1. The fraction of sp³-hybridized carbons (Fsp3) is 0.370. The Bertz CT molecular complexity index is 1290. The Morgan fingerprint density at radius 3 is 2.29 bits per heavy atom. The van der Waals surface area contributed by atoms with E-state index in [1.165, 1.54) is 5.56 Å². The van der Waals surface area contributed by atoms with Gasteiger partial charge in [0.25, 0.3) is 5.56 Å². The number of likely N-dealkylation sites (tertiary alicyclic amines) is 1. The molecule has 1 aromatic heterocycles. The fourth-order valence-electron chi connectivity index (χ4n) is 5.45. The summed E-state index contributed by atoms with van der Waals surface area (Å²) < 4.78 is 29.7. The van der Waals surface area contributed by atoms with Crippen molar-refractivity contribution in [1.29, 1.82) is 0 Å². The molecule has 0 saturated carbocycles. The molecule has 0 radical (unpaired) electrons. The number of hydrogen-bond donors (Lipinski definition) is 1. The van der Waals surface area contributed by atoms with E-state index < -0.39 is 10.0 Å². The fourth-order valence-corrected chi connectivity index (χ4v) is 6.65. The zero-order valence-electron chi connectivity index (χ0n) is 19.3. The minimum absolute atomic E-state index is 0.138. The third-order valence-electron chi connectivity index (χ3n) is 6.93. The normalized spacial score (nSPS) is 20.0. The molecule has 5 rings (SSSR count). The van der Waals surface area contributed by atoms with Crippen LogP contribution in [0, 0.1) is 5.92 Å². The van der Waals surface area contributed by atoms with Crippen molar-refractivity contribution < 1.29 is 8.42 Å². The first kappa shape index (κ1) is 22.9. The van der Waals surface area contributed by atoms with Crippen LogP contribution in [0.25, 0.3) is 0 Å². The van der Waals surface area contributed by atoms with Gasteiger partial charge in [0.2, 0.25) is 10.0 Å². The highest BCUT2D eigenvalue weighted by atomic mass is 32.2. The number of hydrogen-bond acceptors (Lipinski definition) is 4. The number of aromatic nitrogens is 1. The number of anilines is 1. The van der Waals surface area contributed by atoms with Crippen LogP contribution < -0.4 is 10.3 Å². The van der Waals surface area contributed by atoms with Gasteiger partial charge in [0.05, 0.1) is 5.75 Å². The van der Waals surface area contributed by atoms with E-state index in [0.29, 0.717) is 23.9 Å². The summed E-state index contributed by atoms with van der Waals surface area (Å²) in [4.78, 5) is 15.7. The minimum Gasteiger partial charge on any atom is -0.310 e. The second kappa shape index (κ2) is 9.76. The zero-order valence-corrected chi connectivity index (χ0v) is 20.1. The van der Waals surface area contributed by atoms with Crippen LogP contribution >= 0.6 is 0 Å². The Kier molecular flexibility index (Phi) is 6.57. The van der Waals surface area contributed by atoms with Gasteiger partial charge in [-0.1, -0.05) is 60.7 Å². The van der Waals surface area contributed by atoms with E-state index >= 15 is 0 Å². The van der Waals surface area contributed by atoms with Crippen LogP contribution in [0.3, 0.4) is 0 Å². The van der Waals surface area contributed by atoms with Crippen molar-refractivity contribution in [2.75, 3.05) is 24.4 Å². The Labute approximate surface area is 201 Å². The lowest BCUT2D eigenvalue weighted by molar-refractivity contribution is 0.119. The van der Waals surface area contributed by atoms with Crippen molar-refractivity contribution in [3.63, 3.8) is 0 Å². The van der Waals surface area contributed by atoms with E-state index in [0.717, 1.165) is 44.6 Å². The predicted molar refractivity (Wildman–Crippen MR) is 135 cm³/mol. The third-order valence-corrected chi connectivity index (χ3v) is 8.17. The number of rotatable bonds is 8. The Morgan fingerprint density at radius 1 is 0.853 bits per heavy atom. The minimum atomic E-state index is -3.67. The highest BCUT2D eigenvalue weighted by molar-refractivity contribution is 7.91. The first-order valence-electron chi connectivity index (χ1n) is 12.0. The van der Waals surface area contributed by atoms with Crippen molar-refractivity contribution in [1.82, 2.24) is 9.47 Å². The van der Waals surface area contributed by atoms with Gasteiger partial charge in [-0.3, -0.25) is 9.52 Å². The van der Waals surface area contributed by atoms with Gasteiger partial charge < -0.3 is 9.47 Å². The summed E-state index contributed by atoms with van der Waals surface area (Å²) in [6.45, 7) is 3.64. The van der Waals surface area contributed by atoms with Crippen LogP contribution in [-0.2, 0) is 28.7 Å². The predicted octanol–water partition coefficient (Wildman–Crippen LogP) is 3.84. The van der Waals surface area contributed by atoms with Gasteiger partial charge in [-0.25, -0.2) is 8.42 Å². The summed E-state index contributed by atoms with van der Waals surface area (Å²) in [7, 11) is -3.67. The van der Waals surface area contributed by atoms with Crippen molar-refractivity contribution >= 4 is 15.7 Å². The molecule has 6 nitrogen and oxygen atoms in total. The largest absolute Gasteiger partial charge is 0.310 e. The van der Waals surface area contributed by atoms with Crippen LogP contribution in [0.15, 0.2) is 77.6 Å². The molecule has 2 bridgehead atoms. The first-order chi connectivity index (χ1) is 16.5. The van der Waals surface area contributed by atoms with E-state index in [4.69, 9.17) is 0 Å². The monoisotopic (exact) mass is 477 g/mol. The molecule has 1 N–H and O–H groups in total. The Morgan fingerprint density at radius 2 is 1.56 bits per heavy atom. The van der Waals surface area contributed by atoms with Gasteiger partial charge in [-0.15, -0.1) is 0 Å². The molecule has 2 aliphatic rings.